The molecule has 0 aliphatic carbocycles. The maximum atomic E-state index is 12.5. The summed E-state index contributed by atoms with van der Waals surface area (Å²) in [5.74, 6) is -2.58. The molecule has 0 saturated heterocycles. The Balaban J connectivity index is 1.72. The largest absolute Gasteiger partial charge is 0.471 e. The summed E-state index contributed by atoms with van der Waals surface area (Å²) in [4.78, 5) is 23.7. The highest BCUT2D eigenvalue weighted by Crippen LogP contribution is 2.39. The maximum absolute atomic E-state index is 12.5. The van der Waals surface area contributed by atoms with Crippen LogP contribution in [0.15, 0.2) is 47.6 Å². The molecule has 0 saturated carbocycles. The highest BCUT2D eigenvalue weighted by Gasteiger charge is 2.38. The molecule has 11 heteroatoms. The Hall–Kier alpha value is -2.62. The number of amides is 2. The Morgan fingerprint density at radius 1 is 1.07 bits per heavy atom. The summed E-state index contributed by atoms with van der Waals surface area (Å²) in [5, 5.41) is 7.00. The average molecular weight is 474 g/mol. The second-order valence-corrected chi connectivity index (χ2v) is 7.86. The van der Waals surface area contributed by atoms with Crippen LogP contribution in [0, 0.1) is 0 Å². The van der Waals surface area contributed by atoms with E-state index in [1.54, 1.807) is 30.4 Å². The molecule has 5 nitrogen and oxygen atoms in total. The summed E-state index contributed by atoms with van der Waals surface area (Å²) < 4.78 is 37.6. The first-order chi connectivity index (χ1) is 14.1. The zero-order valence-corrected chi connectivity index (χ0v) is 17.4. The van der Waals surface area contributed by atoms with E-state index < -0.39 is 18.0 Å². The van der Waals surface area contributed by atoms with Gasteiger partial charge in [-0.05, 0) is 36.8 Å². The highest BCUT2D eigenvalue weighted by molar-refractivity contribution is 7.21. The van der Waals surface area contributed by atoms with Gasteiger partial charge in [-0.2, -0.15) is 18.3 Å². The molecule has 2 N–H and O–H groups in total. The lowest BCUT2D eigenvalue weighted by molar-refractivity contribution is -0.167. The van der Waals surface area contributed by atoms with Crippen molar-refractivity contribution in [3.63, 3.8) is 0 Å². The van der Waals surface area contributed by atoms with E-state index >= 15 is 0 Å². The molecule has 0 fully saturated rings. The summed E-state index contributed by atoms with van der Waals surface area (Å²) in [6.07, 6.45) is -4.97. The smallest absolute Gasteiger partial charge is 0.318 e. The molecule has 0 aliphatic heterocycles. The molecule has 3 rings (SSSR count). The normalized spacial score (nSPS) is 12.1. The van der Waals surface area contributed by atoms with Gasteiger partial charge < -0.3 is 5.32 Å². The molecule has 3 aromatic rings. The van der Waals surface area contributed by atoms with Gasteiger partial charge in [0.15, 0.2) is 0 Å². The van der Waals surface area contributed by atoms with Crippen molar-refractivity contribution in [2.24, 2.45) is 5.10 Å². The lowest BCUT2D eigenvalue weighted by atomic mass is 10.1. The van der Waals surface area contributed by atoms with Crippen molar-refractivity contribution in [2.75, 3.05) is 5.32 Å². The first-order valence-corrected chi connectivity index (χ1v) is 9.85. The van der Waals surface area contributed by atoms with E-state index in [9.17, 15) is 22.8 Å². The third-order valence-electron chi connectivity index (χ3n) is 3.96. The maximum Gasteiger partial charge on any atom is 0.471 e. The minimum atomic E-state index is -4.97. The molecule has 156 valence electrons. The zero-order chi connectivity index (χ0) is 22.1. The van der Waals surface area contributed by atoms with Crippen LogP contribution in [0.5, 0.6) is 0 Å². The highest BCUT2D eigenvalue weighted by atomic mass is 35.5. The van der Waals surface area contributed by atoms with Gasteiger partial charge in [0.1, 0.15) is 4.88 Å². The van der Waals surface area contributed by atoms with E-state index in [2.05, 4.69) is 10.5 Å². The van der Waals surface area contributed by atoms with Crippen molar-refractivity contribution in [1.29, 1.82) is 0 Å². The van der Waals surface area contributed by atoms with Crippen LogP contribution in [0.3, 0.4) is 0 Å². The van der Waals surface area contributed by atoms with Crippen LogP contribution in [0.4, 0.5) is 18.9 Å². The second kappa shape index (κ2) is 8.63. The minimum absolute atomic E-state index is 0.0214. The topological polar surface area (TPSA) is 70.6 Å². The molecule has 30 heavy (non-hydrogen) atoms. The van der Waals surface area contributed by atoms with Gasteiger partial charge >= 0.3 is 12.1 Å². The van der Waals surface area contributed by atoms with Gasteiger partial charge in [-0.3, -0.25) is 9.59 Å². The van der Waals surface area contributed by atoms with Crippen LogP contribution in [-0.2, 0) is 4.79 Å². The fourth-order valence-corrected chi connectivity index (χ4v) is 4.31. The van der Waals surface area contributed by atoms with E-state index in [0.29, 0.717) is 21.7 Å². The number of carbonyl (C=O) groups is 2. The number of carbonyl (C=O) groups excluding carboxylic acids is 2. The third kappa shape index (κ3) is 4.75. The fourth-order valence-electron chi connectivity index (χ4n) is 2.46. The van der Waals surface area contributed by atoms with E-state index in [-0.39, 0.29) is 15.6 Å². The standard InChI is InChI=1S/C19H12Cl2F3N3O2S/c1-9(10-5-7-11(8-6-10)25-18(29)19(22,23)24)26-27-17(28)16-15(21)14-12(20)3-2-4-13(14)30-16/h2-8H,1H3,(H,25,29)(H,27,28)/b26-9+. The Morgan fingerprint density at radius 3 is 2.33 bits per heavy atom. The van der Waals surface area contributed by atoms with Crippen molar-refractivity contribution in [3.05, 3.63) is 63.0 Å². The van der Waals surface area contributed by atoms with Crippen LogP contribution in [0.25, 0.3) is 10.1 Å². The van der Waals surface area contributed by atoms with E-state index in [1.165, 1.54) is 35.6 Å². The molecule has 0 atom stereocenters. The number of halogens is 5. The first-order valence-electron chi connectivity index (χ1n) is 8.27. The van der Waals surface area contributed by atoms with Gasteiger partial charge in [0.2, 0.25) is 0 Å². The number of nitrogens with one attached hydrogen (secondary N) is 2. The molecule has 0 unspecified atom stereocenters. The fraction of sp³-hybridized carbons (Fsp3) is 0.105. The number of hydrogen-bond donors (Lipinski definition) is 2. The van der Waals surface area contributed by atoms with Crippen molar-refractivity contribution in [3.8, 4) is 0 Å². The van der Waals surface area contributed by atoms with Gasteiger partial charge in [0.05, 0.1) is 15.8 Å². The summed E-state index contributed by atoms with van der Waals surface area (Å²) in [7, 11) is 0. The first kappa shape index (κ1) is 22.1. The predicted molar refractivity (Wildman–Crippen MR) is 113 cm³/mol. The van der Waals surface area contributed by atoms with Crippen LogP contribution >= 0.6 is 34.5 Å². The Bertz CT molecular complexity index is 1160. The molecular formula is C19H12Cl2F3N3O2S. The van der Waals surface area contributed by atoms with Crippen LogP contribution in [0.2, 0.25) is 10.0 Å². The molecule has 0 aliphatic rings. The minimum Gasteiger partial charge on any atom is -0.318 e. The number of hydrogen-bond acceptors (Lipinski definition) is 4. The van der Waals surface area contributed by atoms with Crippen LogP contribution in [-0.4, -0.2) is 23.7 Å². The molecule has 0 spiro atoms. The van der Waals surface area contributed by atoms with Crippen LogP contribution in [0.1, 0.15) is 22.2 Å². The number of anilines is 1. The summed E-state index contributed by atoms with van der Waals surface area (Å²) in [5.41, 5.74) is 3.31. The lowest BCUT2D eigenvalue weighted by Crippen LogP contribution is -2.29. The van der Waals surface area contributed by atoms with Crippen molar-refractivity contribution in [2.45, 2.75) is 13.1 Å². The quantitative estimate of drug-likeness (QED) is 0.367. The summed E-state index contributed by atoms with van der Waals surface area (Å²) >= 11 is 13.6. The number of fused-ring (bicyclic) bond motifs is 1. The van der Waals surface area contributed by atoms with Crippen LogP contribution < -0.4 is 10.7 Å². The average Bonchev–Trinajstić information content (AvgIpc) is 3.03. The molecule has 2 amide bonds. The number of rotatable bonds is 4. The summed E-state index contributed by atoms with van der Waals surface area (Å²) in [6, 6.07) is 10.7. The number of hydrazone groups is 1. The molecule has 0 bridgehead atoms. The van der Waals surface area contributed by atoms with E-state index in [4.69, 9.17) is 23.2 Å². The van der Waals surface area contributed by atoms with Gasteiger partial charge in [0.25, 0.3) is 5.91 Å². The predicted octanol–water partition coefficient (Wildman–Crippen LogP) is 5.86. The molecule has 1 aromatic heterocycles. The monoisotopic (exact) mass is 473 g/mol. The molecule has 0 radical (unpaired) electrons. The lowest BCUT2D eigenvalue weighted by Gasteiger charge is -2.08. The van der Waals surface area contributed by atoms with Crippen molar-refractivity contribution in [1.82, 2.24) is 5.43 Å². The number of benzene rings is 2. The van der Waals surface area contributed by atoms with Crippen molar-refractivity contribution < 1.29 is 22.8 Å². The van der Waals surface area contributed by atoms with Gasteiger partial charge in [-0.25, -0.2) is 5.43 Å². The SMILES string of the molecule is C/C(=N\NC(=O)c1sc2cccc(Cl)c2c1Cl)c1ccc(NC(=O)C(F)(F)F)cc1. The van der Waals surface area contributed by atoms with Gasteiger partial charge in [0, 0.05) is 15.8 Å². The molecule has 2 aromatic carbocycles. The van der Waals surface area contributed by atoms with Crippen molar-refractivity contribution >= 4 is 67.8 Å². The Kier molecular flexibility index (Phi) is 6.35. The van der Waals surface area contributed by atoms with E-state index in [0.717, 1.165) is 4.70 Å². The van der Waals surface area contributed by atoms with E-state index in [1.807, 2.05) is 0 Å². The van der Waals surface area contributed by atoms with Gasteiger partial charge in [-0.1, -0.05) is 41.4 Å². The Morgan fingerprint density at radius 2 is 1.73 bits per heavy atom. The Labute approximate surface area is 182 Å². The molecule has 1 heterocycles. The molecular weight excluding hydrogens is 462 g/mol. The van der Waals surface area contributed by atoms with Gasteiger partial charge in [-0.15, -0.1) is 11.3 Å². The third-order valence-corrected chi connectivity index (χ3v) is 5.91. The summed E-state index contributed by atoms with van der Waals surface area (Å²) in [6.45, 7) is 1.60. The zero-order valence-electron chi connectivity index (χ0n) is 15.1. The second-order valence-electron chi connectivity index (χ2n) is 6.03. The number of nitrogens with zero attached hydrogens (tertiary/aromatic N) is 1. The number of alkyl halides is 3. The number of thiophene rings is 1.